The summed E-state index contributed by atoms with van der Waals surface area (Å²) in [6.07, 6.45) is 6.75. The van der Waals surface area contributed by atoms with Gasteiger partial charge in [-0.25, -0.2) is 0 Å². The molecule has 3 heteroatoms. The Kier molecular flexibility index (Phi) is 3.13. The second kappa shape index (κ2) is 4.80. The zero-order chi connectivity index (χ0) is 13.3. The normalized spacial score (nSPS) is 26.6. The Labute approximate surface area is 113 Å². The minimum Gasteiger partial charge on any atom is -0.464 e. The summed E-state index contributed by atoms with van der Waals surface area (Å²) in [5.41, 5.74) is 1.99. The van der Waals surface area contributed by atoms with Gasteiger partial charge >= 0.3 is 0 Å². The zero-order valence-electron chi connectivity index (χ0n) is 11.2. The van der Waals surface area contributed by atoms with Crippen LogP contribution >= 0.6 is 0 Å². The summed E-state index contributed by atoms with van der Waals surface area (Å²) in [4.78, 5) is 15.3. The van der Waals surface area contributed by atoms with Gasteiger partial charge in [0, 0.05) is 6.21 Å². The highest BCUT2D eigenvalue weighted by atomic mass is 16.5. The first-order valence-corrected chi connectivity index (χ1v) is 7.00. The third kappa shape index (κ3) is 1.97. The summed E-state index contributed by atoms with van der Waals surface area (Å²) in [6.45, 7) is 2.53. The molecule has 0 spiro atoms. The molecule has 1 aliphatic carbocycles. The van der Waals surface area contributed by atoms with E-state index < -0.39 is 0 Å². The van der Waals surface area contributed by atoms with E-state index in [4.69, 9.17) is 4.74 Å². The van der Waals surface area contributed by atoms with Crippen molar-refractivity contribution in [3.8, 4) is 0 Å². The highest BCUT2D eigenvalue weighted by Gasteiger charge is 2.45. The standard InChI is InChI=1S/C16H19NO2/c1-12(19-11-18)16(9-13-5-4-6-13)10-17-15-8-3-2-7-14(15)16/h2-3,7-8,10-13H,4-6,9H2,1H3. The molecule has 1 fully saturated rings. The van der Waals surface area contributed by atoms with E-state index in [1.54, 1.807) is 0 Å². The molecule has 2 aliphatic rings. The molecule has 2 atom stereocenters. The lowest BCUT2D eigenvalue weighted by Gasteiger charge is -2.38. The van der Waals surface area contributed by atoms with E-state index in [1.165, 1.54) is 24.8 Å². The van der Waals surface area contributed by atoms with Crippen molar-refractivity contribution in [3.05, 3.63) is 29.8 Å². The van der Waals surface area contributed by atoms with Crippen molar-refractivity contribution in [2.45, 2.75) is 44.1 Å². The van der Waals surface area contributed by atoms with E-state index in [0.717, 1.165) is 18.0 Å². The molecule has 1 saturated carbocycles. The first-order valence-electron chi connectivity index (χ1n) is 7.00. The Bertz CT molecular complexity index is 507. The van der Waals surface area contributed by atoms with Crippen LogP contribution in [0.5, 0.6) is 0 Å². The van der Waals surface area contributed by atoms with Gasteiger partial charge in [0.15, 0.2) is 0 Å². The van der Waals surface area contributed by atoms with Gasteiger partial charge in [0.1, 0.15) is 6.10 Å². The van der Waals surface area contributed by atoms with Crippen LogP contribution in [0, 0.1) is 5.92 Å². The molecular weight excluding hydrogens is 238 g/mol. The van der Waals surface area contributed by atoms with Crippen molar-refractivity contribution >= 4 is 18.4 Å². The minimum atomic E-state index is -0.234. The number of hydrogen-bond donors (Lipinski definition) is 0. The predicted octanol–water partition coefficient (Wildman–Crippen LogP) is 3.39. The van der Waals surface area contributed by atoms with E-state index in [1.807, 2.05) is 31.3 Å². The largest absolute Gasteiger partial charge is 0.464 e. The van der Waals surface area contributed by atoms with Crippen LogP contribution < -0.4 is 0 Å². The molecule has 19 heavy (non-hydrogen) atoms. The van der Waals surface area contributed by atoms with Gasteiger partial charge in [-0.3, -0.25) is 9.79 Å². The molecular formula is C16H19NO2. The fourth-order valence-corrected chi connectivity index (χ4v) is 3.27. The highest BCUT2D eigenvalue weighted by Crippen LogP contribution is 2.47. The fourth-order valence-electron chi connectivity index (χ4n) is 3.27. The molecule has 0 amide bonds. The number of carbonyl (C=O) groups is 1. The van der Waals surface area contributed by atoms with Crippen LogP contribution in [0.4, 0.5) is 5.69 Å². The molecule has 0 radical (unpaired) electrons. The van der Waals surface area contributed by atoms with Gasteiger partial charge in [0.05, 0.1) is 11.1 Å². The quantitative estimate of drug-likeness (QED) is 0.758. The molecule has 1 aromatic rings. The van der Waals surface area contributed by atoms with Crippen LogP contribution in [-0.4, -0.2) is 18.8 Å². The van der Waals surface area contributed by atoms with Crippen molar-refractivity contribution in [1.82, 2.24) is 0 Å². The van der Waals surface area contributed by atoms with Crippen molar-refractivity contribution in [2.24, 2.45) is 10.9 Å². The lowest BCUT2D eigenvalue weighted by molar-refractivity contribution is -0.135. The van der Waals surface area contributed by atoms with Gasteiger partial charge in [-0.15, -0.1) is 0 Å². The first-order chi connectivity index (χ1) is 9.26. The third-order valence-corrected chi connectivity index (χ3v) is 4.68. The van der Waals surface area contributed by atoms with Gasteiger partial charge in [0.2, 0.25) is 0 Å². The van der Waals surface area contributed by atoms with Crippen molar-refractivity contribution in [1.29, 1.82) is 0 Å². The van der Waals surface area contributed by atoms with Gasteiger partial charge < -0.3 is 4.74 Å². The summed E-state index contributed by atoms with van der Waals surface area (Å²) in [5.74, 6) is 0.732. The number of hydrogen-bond acceptors (Lipinski definition) is 3. The Balaban J connectivity index is 1.97. The molecule has 1 aliphatic heterocycles. The molecule has 0 bridgehead atoms. The van der Waals surface area contributed by atoms with Gasteiger partial charge in [0.25, 0.3) is 6.47 Å². The molecule has 3 nitrogen and oxygen atoms in total. The molecule has 3 rings (SSSR count). The maximum Gasteiger partial charge on any atom is 0.293 e. The smallest absolute Gasteiger partial charge is 0.293 e. The SMILES string of the molecule is CC(OC=O)C1(CC2CCC2)C=Nc2ccccc21. The van der Waals surface area contributed by atoms with Crippen molar-refractivity contribution in [2.75, 3.05) is 0 Å². The van der Waals surface area contributed by atoms with Crippen LogP contribution in [0.3, 0.4) is 0 Å². The van der Waals surface area contributed by atoms with Crippen LogP contribution in [0.2, 0.25) is 0 Å². The number of rotatable bonds is 5. The highest BCUT2D eigenvalue weighted by molar-refractivity contribution is 5.86. The molecule has 1 aromatic carbocycles. The summed E-state index contributed by atoms with van der Waals surface area (Å²) >= 11 is 0. The van der Waals surface area contributed by atoms with Crippen molar-refractivity contribution in [3.63, 3.8) is 0 Å². The van der Waals surface area contributed by atoms with Gasteiger partial charge in [-0.1, -0.05) is 37.5 Å². The number of para-hydroxylation sites is 1. The number of carbonyl (C=O) groups excluding carboxylic acids is 1. The van der Waals surface area contributed by atoms with E-state index in [0.29, 0.717) is 6.47 Å². The number of ether oxygens (including phenoxy) is 1. The Morgan fingerprint density at radius 3 is 2.95 bits per heavy atom. The topological polar surface area (TPSA) is 38.7 Å². The minimum absolute atomic E-state index is 0.169. The lowest BCUT2D eigenvalue weighted by Crippen LogP contribution is -2.42. The summed E-state index contributed by atoms with van der Waals surface area (Å²) in [6, 6.07) is 8.19. The second-order valence-electron chi connectivity index (χ2n) is 5.69. The van der Waals surface area contributed by atoms with E-state index >= 15 is 0 Å². The maximum atomic E-state index is 10.7. The van der Waals surface area contributed by atoms with E-state index in [-0.39, 0.29) is 11.5 Å². The van der Waals surface area contributed by atoms with Crippen LogP contribution in [0.15, 0.2) is 29.3 Å². The molecule has 0 N–H and O–H groups in total. The number of nitrogens with zero attached hydrogens (tertiary/aromatic N) is 1. The van der Waals surface area contributed by atoms with Gasteiger partial charge in [-0.05, 0) is 30.9 Å². The summed E-state index contributed by atoms with van der Waals surface area (Å²) < 4.78 is 5.28. The first kappa shape index (κ1) is 12.4. The lowest BCUT2D eigenvalue weighted by atomic mass is 9.67. The average Bonchev–Trinajstić information content (AvgIpc) is 2.75. The molecule has 0 saturated heterocycles. The summed E-state index contributed by atoms with van der Waals surface area (Å²) in [5, 5.41) is 0. The Morgan fingerprint density at radius 1 is 1.47 bits per heavy atom. The number of aliphatic imine (C=N–C) groups is 1. The zero-order valence-corrected chi connectivity index (χ0v) is 11.2. The fraction of sp³-hybridized carbons (Fsp3) is 0.500. The molecule has 0 aromatic heterocycles. The molecule has 100 valence electrons. The molecule has 1 heterocycles. The predicted molar refractivity (Wildman–Crippen MR) is 74.8 cm³/mol. The monoisotopic (exact) mass is 257 g/mol. The number of benzene rings is 1. The van der Waals surface area contributed by atoms with Crippen LogP contribution in [0.1, 0.15) is 38.2 Å². The maximum absolute atomic E-state index is 10.7. The Morgan fingerprint density at radius 2 is 2.26 bits per heavy atom. The number of fused-ring (bicyclic) bond motifs is 1. The van der Waals surface area contributed by atoms with E-state index in [9.17, 15) is 4.79 Å². The molecule has 2 unspecified atom stereocenters. The average molecular weight is 257 g/mol. The van der Waals surface area contributed by atoms with E-state index in [2.05, 4.69) is 11.1 Å². The van der Waals surface area contributed by atoms with Crippen LogP contribution in [-0.2, 0) is 14.9 Å². The second-order valence-corrected chi connectivity index (χ2v) is 5.69. The third-order valence-electron chi connectivity index (χ3n) is 4.68. The van der Waals surface area contributed by atoms with Crippen molar-refractivity contribution < 1.29 is 9.53 Å². The Hall–Kier alpha value is -1.64. The van der Waals surface area contributed by atoms with Gasteiger partial charge in [-0.2, -0.15) is 0 Å². The summed E-state index contributed by atoms with van der Waals surface area (Å²) in [7, 11) is 0. The van der Waals surface area contributed by atoms with Crippen LogP contribution in [0.25, 0.3) is 0 Å².